The molecule has 1 saturated heterocycles. The first kappa shape index (κ1) is 23.8. The molecule has 1 spiro atoms. The number of rotatable bonds is 7. The summed E-state index contributed by atoms with van der Waals surface area (Å²) < 4.78 is 9.76. The monoisotopic (exact) mass is 444 g/mol. The molecule has 1 saturated carbocycles. The van der Waals surface area contributed by atoms with E-state index in [4.69, 9.17) is 9.47 Å². The van der Waals surface area contributed by atoms with Gasteiger partial charge in [-0.05, 0) is 37.2 Å². The molecule has 3 rings (SSSR count). The van der Waals surface area contributed by atoms with E-state index < -0.39 is 29.2 Å². The number of amides is 1. The van der Waals surface area contributed by atoms with Gasteiger partial charge in [0.1, 0.15) is 0 Å². The number of carbonyl (C=O) groups is 3. The Morgan fingerprint density at radius 1 is 1.16 bits per heavy atom. The number of methoxy groups -OCH3 is 2. The van der Waals surface area contributed by atoms with Crippen molar-refractivity contribution in [2.24, 2.45) is 28.3 Å². The molecule has 1 amide bonds. The Bertz CT molecular complexity index is 822. The number of nitrogens with zero attached hydrogens (tertiary/aromatic N) is 2. The Labute approximate surface area is 188 Å². The number of carbonyl (C=O) groups excluding carboxylic acids is 3. The highest BCUT2D eigenvalue weighted by Gasteiger charge is 2.55. The third kappa shape index (κ3) is 4.64. The van der Waals surface area contributed by atoms with E-state index in [1.165, 1.54) is 20.4 Å². The number of oxime groups is 1. The molecule has 174 valence electrons. The van der Waals surface area contributed by atoms with E-state index >= 15 is 0 Å². The number of ether oxygens (including phenoxy) is 2. The highest BCUT2D eigenvalue weighted by Crippen LogP contribution is 2.52. The van der Waals surface area contributed by atoms with Crippen LogP contribution in [0, 0.1) is 23.2 Å². The largest absolute Gasteiger partial charge is 0.468 e. The molecule has 8 heteroatoms. The molecule has 1 aromatic rings. The van der Waals surface area contributed by atoms with E-state index in [0.29, 0.717) is 32.4 Å². The van der Waals surface area contributed by atoms with Crippen molar-refractivity contribution in [3.8, 4) is 0 Å². The van der Waals surface area contributed by atoms with Gasteiger partial charge in [0.05, 0.1) is 19.6 Å². The smallest absolute Gasteiger partial charge is 0.320 e. The Kier molecular flexibility index (Phi) is 7.88. The van der Waals surface area contributed by atoms with E-state index in [1.807, 2.05) is 35.2 Å². The van der Waals surface area contributed by atoms with Crippen LogP contribution < -0.4 is 0 Å². The second-order valence-corrected chi connectivity index (χ2v) is 8.69. The second-order valence-electron chi connectivity index (χ2n) is 8.69. The van der Waals surface area contributed by atoms with E-state index in [2.05, 4.69) is 5.16 Å². The van der Waals surface area contributed by atoms with Crippen LogP contribution in [-0.2, 0) is 30.4 Å². The second kappa shape index (κ2) is 10.6. The Morgan fingerprint density at radius 3 is 2.44 bits per heavy atom. The number of hydrogen-bond acceptors (Lipinski definition) is 7. The maximum Gasteiger partial charge on any atom is 0.320 e. The van der Waals surface area contributed by atoms with Gasteiger partial charge in [0, 0.05) is 25.2 Å². The normalized spacial score (nSPS) is 24.7. The van der Waals surface area contributed by atoms with Crippen LogP contribution in [0.2, 0.25) is 0 Å². The lowest BCUT2D eigenvalue weighted by molar-refractivity contribution is -0.167. The van der Waals surface area contributed by atoms with Gasteiger partial charge in [0.2, 0.25) is 5.91 Å². The minimum atomic E-state index is -1.29. The predicted molar refractivity (Wildman–Crippen MR) is 117 cm³/mol. The molecule has 1 aliphatic carbocycles. The lowest BCUT2D eigenvalue weighted by Crippen LogP contribution is -2.56. The average Bonchev–Trinajstić information content (AvgIpc) is 2.82. The molecule has 1 N–H and O–H groups in total. The van der Waals surface area contributed by atoms with Crippen LogP contribution >= 0.6 is 0 Å². The average molecular weight is 445 g/mol. The molecular weight excluding hydrogens is 412 g/mol. The van der Waals surface area contributed by atoms with Gasteiger partial charge < -0.3 is 19.6 Å². The number of benzene rings is 1. The fourth-order valence-corrected chi connectivity index (χ4v) is 5.63. The van der Waals surface area contributed by atoms with Crippen molar-refractivity contribution in [1.29, 1.82) is 0 Å². The van der Waals surface area contributed by atoms with E-state index in [1.54, 1.807) is 0 Å². The van der Waals surface area contributed by atoms with Gasteiger partial charge in [-0.25, -0.2) is 0 Å². The fraction of sp³-hybridized carbons (Fsp3) is 0.583. The molecule has 0 radical (unpaired) electrons. The van der Waals surface area contributed by atoms with Gasteiger partial charge in [-0.3, -0.25) is 14.4 Å². The molecule has 2 aliphatic rings. The lowest BCUT2D eigenvalue weighted by Gasteiger charge is -2.51. The third-order valence-corrected chi connectivity index (χ3v) is 7.08. The molecule has 2 fully saturated rings. The molecule has 1 aromatic carbocycles. The minimum absolute atomic E-state index is 0.0436. The molecule has 0 bridgehead atoms. The Balaban J connectivity index is 1.98. The van der Waals surface area contributed by atoms with Crippen LogP contribution in [0.1, 0.15) is 44.1 Å². The van der Waals surface area contributed by atoms with Crippen LogP contribution in [0.5, 0.6) is 0 Å². The summed E-state index contributed by atoms with van der Waals surface area (Å²) in [6.45, 7) is 1.18. The van der Waals surface area contributed by atoms with Gasteiger partial charge in [0.25, 0.3) is 0 Å². The zero-order chi connectivity index (χ0) is 23.1. The summed E-state index contributed by atoms with van der Waals surface area (Å²) in [5.74, 6) is -3.92. The van der Waals surface area contributed by atoms with Gasteiger partial charge in [-0.2, -0.15) is 0 Å². The standard InChI is InChI=1S/C24H32N2O6/c1-31-21(27)20(22(28)32-2)18(15-25-30)19-11-6-7-12-24(19)13-8-14-26(23(24)29)16-17-9-4-3-5-10-17/h3-5,9-10,15,18-20,30H,6-8,11-14,16H2,1-2H3/b25-15+. The maximum absolute atomic E-state index is 13.9. The summed E-state index contributed by atoms with van der Waals surface area (Å²) in [6.07, 6.45) is 5.79. The number of hydrogen-bond donors (Lipinski definition) is 1. The van der Waals surface area contributed by atoms with Crippen LogP contribution in [0.15, 0.2) is 35.5 Å². The van der Waals surface area contributed by atoms with Crippen LogP contribution in [0.25, 0.3) is 0 Å². The van der Waals surface area contributed by atoms with Crippen molar-refractivity contribution >= 4 is 24.1 Å². The molecular formula is C24H32N2O6. The molecule has 32 heavy (non-hydrogen) atoms. The van der Waals surface area contributed by atoms with Crippen LogP contribution in [0.3, 0.4) is 0 Å². The topological polar surface area (TPSA) is 106 Å². The summed E-state index contributed by atoms with van der Waals surface area (Å²) >= 11 is 0. The summed E-state index contributed by atoms with van der Waals surface area (Å²) in [7, 11) is 2.41. The Hall–Kier alpha value is -2.90. The summed E-state index contributed by atoms with van der Waals surface area (Å²) in [6, 6.07) is 9.85. The lowest BCUT2D eigenvalue weighted by atomic mass is 9.56. The number of esters is 2. The quantitative estimate of drug-likeness (QED) is 0.228. The zero-order valence-electron chi connectivity index (χ0n) is 18.7. The highest BCUT2D eigenvalue weighted by atomic mass is 16.5. The third-order valence-electron chi connectivity index (χ3n) is 7.08. The molecule has 1 aliphatic heterocycles. The van der Waals surface area contributed by atoms with Crippen molar-refractivity contribution in [1.82, 2.24) is 4.90 Å². The van der Waals surface area contributed by atoms with E-state index in [9.17, 15) is 19.6 Å². The van der Waals surface area contributed by atoms with Gasteiger partial charge in [0.15, 0.2) is 5.92 Å². The summed E-state index contributed by atoms with van der Waals surface area (Å²) in [4.78, 5) is 40.9. The first-order valence-corrected chi connectivity index (χ1v) is 11.1. The molecule has 0 aromatic heterocycles. The minimum Gasteiger partial charge on any atom is -0.468 e. The van der Waals surface area contributed by atoms with Crippen molar-refractivity contribution in [3.63, 3.8) is 0 Å². The number of piperidine rings is 1. The summed E-state index contributed by atoms with van der Waals surface area (Å²) in [5, 5.41) is 12.6. The molecule has 8 nitrogen and oxygen atoms in total. The molecule has 1 heterocycles. The SMILES string of the molecule is COC(=O)C(C(=O)OC)C(/C=N/O)C1CCCCC12CCCN(Cc1ccccc1)C2=O. The first-order valence-electron chi connectivity index (χ1n) is 11.1. The van der Waals surface area contributed by atoms with Gasteiger partial charge in [-0.1, -0.05) is 43.2 Å². The first-order chi connectivity index (χ1) is 15.5. The van der Waals surface area contributed by atoms with Crippen molar-refractivity contribution in [2.45, 2.75) is 45.1 Å². The van der Waals surface area contributed by atoms with E-state index in [-0.39, 0.29) is 11.8 Å². The van der Waals surface area contributed by atoms with Crippen molar-refractivity contribution < 1.29 is 29.1 Å². The van der Waals surface area contributed by atoms with Crippen LogP contribution in [-0.4, -0.2) is 54.9 Å². The van der Waals surface area contributed by atoms with E-state index in [0.717, 1.165) is 24.8 Å². The Morgan fingerprint density at radius 2 is 1.81 bits per heavy atom. The fourth-order valence-electron chi connectivity index (χ4n) is 5.63. The molecule has 3 unspecified atom stereocenters. The maximum atomic E-state index is 13.9. The van der Waals surface area contributed by atoms with Crippen LogP contribution in [0.4, 0.5) is 0 Å². The molecule has 3 atom stereocenters. The highest BCUT2D eigenvalue weighted by molar-refractivity contribution is 5.98. The summed E-state index contributed by atoms with van der Waals surface area (Å²) in [5.41, 5.74) is 0.331. The predicted octanol–water partition coefficient (Wildman–Crippen LogP) is 3.02. The van der Waals surface area contributed by atoms with Gasteiger partial charge in [-0.15, -0.1) is 5.16 Å². The zero-order valence-corrected chi connectivity index (χ0v) is 18.7. The van der Waals surface area contributed by atoms with Gasteiger partial charge >= 0.3 is 11.9 Å². The van der Waals surface area contributed by atoms with Crippen molar-refractivity contribution in [3.05, 3.63) is 35.9 Å². The van der Waals surface area contributed by atoms with Crippen molar-refractivity contribution in [2.75, 3.05) is 20.8 Å². The number of likely N-dealkylation sites (tertiary alicyclic amines) is 1.